The van der Waals surface area contributed by atoms with Crippen molar-refractivity contribution in [2.24, 2.45) is 0 Å². The van der Waals surface area contributed by atoms with Crippen LogP contribution in [0.25, 0.3) is 0 Å². The van der Waals surface area contributed by atoms with Crippen LogP contribution in [0.5, 0.6) is 5.75 Å². The van der Waals surface area contributed by atoms with Crippen molar-refractivity contribution in [2.45, 2.75) is 25.5 Å². The highest BCUT2D eigenvalue weighted by molar-refractivity contribution is 6.30. The van der Waals surface area contributed by atoms with Crippen molar-refractivity contribution in [3.63, 3.8) is 0 Å². The van der Waals surface area contributed by atoms with Crippen molar-refractivity contribution in [1.29, 1.82) is 0 Å². The van der Waals surface area contributed by atoms with E-state index >= 15 is 0 Å². The predicted octanol–water partition coefficient (Wildman–Crippen LogP) is 5.22. The number of benzene rings is 3. The molecule has 0 fully saturated rings. The molecule has 3 aromatic rings. The Hall–Kier alpha value is -3.64. The van der Waals surface area contributed by atoms with Gasteiger partial charge >= 0.3 is 5.97 Å². The van der Waals surface area contributed by atoms with Crippen LogP contribution in [-0.2, 0) is 9.53 Å². The Kier molecular flexibility index (Phi) is 8.22. The first-order chi connectivity index (χ1) is 15.9. The second-order valence-electron chi connectivity index (χ2n) is 7.37. The van der Waals surface area contributed by atoms with Gasteiger partial charge in [0, 0.05) is 28.3 Å². The third-order valence-electron chi connectivity index (χ3n) is 4.99. The van der Waals surface area contributed by atoms with Gasteiger partial charge in [-0.1, -0.05) is 41.9 Å². The van der Waals surface area contributed by atoms with Crippen molar-refractivity contribution in [3.05, 3.63) is 95.0 Å². The highest BCUT2D eigenvalue weighted by Gasteiger charge is 2.28. The Morgan fingerprint density at radius 2 is 1.52 bits per heavy atom. The van der Waals surface area contributed by atoms with E-state index in [9.17, 15) is 14.4 Å². The number of halogens is 1. The van der Waals surface area contributed by atoms with Crippen LogP contribution in [0.1, 0.15) is 34.1 Å². The number of hydrogen-bond donors (Lipinski definition) is 1. The van der Waals surface area contributed by atoms with Crippen molar-refractivity contribution in [1.82, 2.24) is 0 Å². The molecule has 2 atom stereocenters. The van der Waals surface area contributed by atoms with Gasteiger partial charge < -0.3 is 14.8 Å². The SMILES string of the molecule is COc1ccc(NC(CC(=O)c2ccccc2)C(=O)OC(C)C(=O)c2ccc(Cl)cc2)cc1. The molecule has 0 bridgehead atoms. The molecular formula is C26H24ClNO5. The van der Waals surface area contributed by atoms with Gasteiger partial charge in [0.25, 0.3) is 0 Å². The van der Waals surface area contributed by atoms with Crippen molar-refractivity contribution < 1.29 is 23.9 Å². The highest BCUT2D eigenvalue weighted by atomic mass is 35.5. The lowest BCUT2D eigenvalue weighted by atomic mass is 10.0. The molecule has 0 aromatic heterocycles. The zero-order chi connectivity index (χ0) is 23.8. The fraction of sp³-hybridized carbons (Fsp3) is 0.192. The van der Waals surface area contributed by atoms with E-state index in [1.165, 1.54) is 6.92 Å². The number of hydrogen-bond acceptors (Lipinski definition) is 6. The molecule has 33 heavy (non-hydrogen) atoms. The van der Waals surface area contributed by atoms with Crippen LogP contribution in [0.15, 0.2) is 78.9 Å². The zero-order valence-corrected chi connectivity index (χ0v) is 19.0. The number of ketones is 2. The minimum Gasteiger partial charge on any atom is -0.497 e. The number of Topliss-reactive ketones (excluding diaryl/α,β-unsaturated/α-hetero) is 2. The molecule has 0 amide bonds. The van der Waals surface area contributed by atoms with E-state index in [1.54, 1.807) is 79.9 Å². The Morgan fingerprint density at radius 1 is 0.879 bits per heavy atom. The summed E-state index contributed by atoms with van der Waals surface area (Å²) >= 11 is 5.87. The molecule has 0 radical (unpaired) electrons. The number of carbonyl (C=O) groups is 3. The fourth-order valence-corrected chi connectivity index (χ4v) is 3.29. The van der Waals surface area contributed by atoms with Gasteiger partial charge in [-0.15, -0.1) is 0 Å². The Bertz CT molecular complexity index is 1100. The van der Waals surface area contributed by atoms with Crippen molar-refractivity contribution in [2.75, 3.05) is 12.4 Å². The van der Waals surface area contributed by atoms with E-state index in [-0.39, 0.29) is 18.0 Å². The van der Waals surface area contributed by atoms with Crippen LogP contribution in [0.2, 0.25) is 5.02 Å². The fourth-order valence-electron chi connectivity index (χ4n) is 3.17. The average molecular weight is 466 g/mol. The van der Waals surface area contributed by atoms with Crippen LogP contribution in [0.3, 0.4) is 0 Å². The molecule has 0 spiro atoms. The minimum absolute atomic E-state index is 0.142. The second-order valence-corrected chi connectivity index (χ2v) is 7.81. The van der Waals surface area contributed by atoms with Gasteiger partial charge in [-0.05, 0) is 55.5 Å². The van der Waals surface area contributed by atoms with Gasteiger partial charge in [0.2, 0.25) is 5.78 Å². The first kappa shape index (κ1) is 24.0. The third kappa shape index (κ3) is 6.67. The summed E-state index contributed by atoms with van der Waals surface area (Å²) in [6, 6.07) is 20.9. The lowest BCUT2D eigenvalue weighted by molar-refractivity contribution is -0.147. The van der Waals surface area contributed by atoms with Gasteiger partial charge in [0.15, 0.2) is 11.9 Å². The lowest BCUT2D eigenvalue weighted by Gasteiger charge is -2.21. The number of nitrogens with one attached hydrogen (secondary N) is 1. The minimum atomic E-state index is -1.04. The maximum Gasteiger partial charge on any atom is 0.329 e. The van der Waals surface area contributed by atoms with Gasteiger partial charge in [-0.25, -0.2) is 4.79 Å². The first-order valence-corrected chi connectivity index (χ1v) is 10.7. The number of ether oxygens (including phenoxy) is 2. The standard InChI is InChI=1S/C26H24ClNO5/c1-17(25(30)19-8-10-20(27)11-9-19)33-26(31)23(16-24(29)18-6-4-3-5-7-18)28-21-12-14-22(32-2)15-13-21/h3-15,17,23,28H,16H2,1-2H3. The number of carbonyl (C=O) groups excluding carboxylic acids is 3. The third-order valence-corrected chi connectivity index (χ3v) is 5.24. The molecule has 0 saturated carbocycles. The molecule has 0 saturated heterocycles. The van der Waals surface area contributed by atoms with Crippen LogP contribution >= 0.6 is 11.6 Å². The van der Waals surface area contributed by atoms with Crippen LogP contribution < -0.4 is 10.1 Å². The summed E-state index contributed by atoms with van der Waals surface area (Å²) in [6.45, 7) is 1.50. The average Bonchev–Trinajstić information content (AvgIpc) is 2.84. The zero-order valence-electron chi connectivity index (χ0n) is 18.3. The highest BCUT2D eigenvalue weighted by Crippen LogP contribution is 2.19. The predicted molar refractivity (Wildman–Crippen MR) is 127 cm³/mol. The number of esters is 1. The van der Waals surface area contributed by atoms with Crippen LogP contribution in [-0.4, -0.2) is 36.8 Å². The molecule has 0 heterocycles. The summed E-state index contributed by atoms with van der Waals surface area (Å²) in [4.78, 5) is 38.4. The summed E-state index contributed by atoms with van der Waals surface area (Å²) in [5.74, 6) is -0.639. The van der Waals surface area contributed by atoms with Crippen LogP contribution in [0.4, 0.5) is 5.69 Å². The monoisotopic (exact) mass is 465 g/mol. The molecular weight excluding hydrogens is 442 g/mol. The van der Waals surface area contributed by atoms with Gasteiger partial charge in [-0.2, -0.15) is 0 Å². The number of anilines is 1. The number of rotatable bonds is 10. The molecule has 170 valence electrons. The molecule has 6 nitrogen and oxygen atoms in total. The summed E-state index contributed by atoms with van der Waals surface area (Å²) in [5, 5.41) is 3.54. The maximum atomic E-state index is 13.0. The lowest BCUT2D eigenvalue weighted by Crippen LogP contribution is -2.37. The van der Waals surface area contributed by atoms with E-state index in [0.717, 1.165) is 0 Å². The summed E-state index contributed by atoms with van der Waals surface area (Å²) < 4.78 is 10.6. The summed E-state index contributed by atoms with van der Waals surface area (Å²) in [6.07, 6.45) is -1.18. The number of methoxy groups -OCH3 is 1. The molecule has 3 rings (SSSR count). The van der Waals surface area contributed by atoms with Crippen LogP contribution in [0, 0.1) is 0 Å². The quantitative estimate of drug-likeness (QED) is 0.326. The van der Waals surface area contributed by atoms with E-state index in [0.29, 0.717) is 27.6 Å². The molecule has 0 aliphatic rings. The van der Waals surface area contributed by atoms with Crippen molar-refractivity contribution >= 4 is 34.8 Å². The van der Waals surface area contributed by atoms with Crippen molar-refractivity contribution in [3.8, 4) is 5.75 Å². The smallest absolute Gasteiger partial charge is 0.329 e. The van der Waals surface area contributed by atoms with Gasteiger partial charge in [0.1, 0.15) is 11.8 Å². The topological polar surface area (TPSA) is 81.7 Å². The van der Waals surface area contributed by atoms with Gasteiger partial charge in [-0.3, -0.25) is 9.59 Å². The van der Waals surface area contributed by atoms with E-state index in [1.807, 2.05) is 6.07 Å². The molecule has 7 heteroatoms. The van der Waals surface area contributed by atoms with E-state index < -0.39 is 18.1 Å². The molecule has 3 aromatic carbocycles. The molecule has 0 aliphatic heterocycles. The first-order valence-electron chi connectivity index (χ1n) is 10.4. The maximum absolute atomic E-state index is 13.0. The molecule has 0 aliphatic carbocycles. The normalized spacial score (nSPS) is 12.3. The Morgan fingerprint density at radius 3 is 2.12 bits per heavy atom. The molecule has 1 N–H and O–H groups in total. The summed E-state index contributed by atoms with van der Waals surface area (Å²) in [5.41, 5.74) is 1.46. The second kappa shape index (κ2) is 11.3. The summed E-state index contributed by atoms with van der Waals surface area (Å²) in [7, 11) is 1.56. The van der Waals surface area contributed by atoms with E-state index in [4.69, 9.17) is 21.1 Å². The largest absolute Gasteiger partial charge is 0.497 e. The Labute approximate surface area is 197 Å². The molecule has 2 unspecified atom stereocenters. The van der Waals surface area contributed by atoms with Gasteiger partial charge in [0.05, 0.1) is 7.11 Å². The Balaban J connectivity index is 1.75. The van der Waals surface area contributed by atoms with E-state index in [2.05, 4.69) is 5.32 Å².